The van der Waals surface area contributed by atoms with Gasteiger partial charge in [0.15, 0.2) is 0 Å². The van der Waals surface area contributed by atoms with Gasteiger partial charge in [-0.2, -0.15) is 0 Å². The molecule has 0 aliphatic heterocycles. The van der Waals surface area contributed by atoms with Gasteiger partial charge in [0, 0.05) is 10.9 Å². The highest BCUT2D eigenvalue weighted by molar-refractivity contribution is 7.10. The fraction of sp³-hybridized carbons (Fsp3) is 0.692. The zero-order valence-corrected chi connectivity index (χ0v) is 10.9. The van der Waals surface area contributed by atoms with E-state index in [4.69, 9.17) is 5.73 Å². The van der Waals surface area contributed by atoms with Gasteiger partial charge in [-0.1, -0.05) is 26.7 Å². The third-order valence-electron chi connectivity index (χ3n) is 2.96. The van der Waals surface area contributed by atoms with Gasteiger partial charge in [0.05, 0.1) is 0 Å². The maximum atomic E-state index is 6.33. The Morgan fingerprint density at radius 2 is 1.87 bits per heavy atom. The summed E-state index contributed by atoms with van der Waals surface area (Å²) >= 11 is 1.81. The summed E-state index contributed by atoms with van der Waals surface area (Å²) in [5, 5.41) is 2.22. The third-order valence-corrected chi connectivity index (χ3v) is 3.84. The summed E-state index contributed by atoms with van der Waals surface area (Å²) in [4.78, 5) is 1.37. The predicted octanol–water partition coefficient (Wildman–Crippen LogP) is 4.27. The molecule has 1 atom stereocenters. The van der Waals surface area contributed by atoms with Crippen LogP contribution < -0.4 is 5.73 Å². The Bertz CT molecular complexity index is 274. The zero-order valence-electron chi connectivity index (χ0n) is 10.1. The molecule has 1 heterocycles. The monoisotopic (exact) mass is 225 g/mol. The molecule has 15 heavy (non-hydrogen) atoms. The van der Waals surface area contributed by atoms with Crippen LogP contribution in [-0.2, 0) is 0 Å². The maximum Gasteiger partial charge on any atom is 0.0331 e. The molecule has 1 nitrogen and oxygen atoms in total. The molecule has 0 aliphatic carbocycles. The van der Waals surface area contributed by atoms with Crippen molar-refractivity contribution in [3.8, 4) is 0 Å². The molecule has 1 unspecified atom stereocenters. The van der Waals surface area contributed by atoms with Crippen molar-refractivity contribution in [3.05, 3.63) is 21.9 Å². The first-order chi connectivity index (χ1) is 7.19. The molecule has 0 fully saturated rings. The normalized spacial score (nSPS) is 13.4. The Morgan fingerprint density at radius 3 is 2.27 bits per heavy atom. The fourth-order valence-electron chi connectivity index (χ4n) is 2.16. The number of rotatable bonds is 6. The molecule has 1 rings (SSSR count). The van der Waals surface area contributed by atoms with Crippen molar-refractivity contribution in [2.75, 3.05) is 0 Å². The van der Waals surface area contributed by atoms with E-state index in [1.807, 2.05) is 0 Å². The molecular weight excluding hydrogens is 202 g/mol. The van der Waals surface area contributed by atoms with Crippen LogP contribution in [0.3, 0.4) is 0 Å². The van der Waals surface area contributed by atoms with E-state index in [0.717, 1.165) is 0 Å². The highest BCUT2D eigenvalue weighted by atomic mass is 32.1. The standard InChI is InChI=1S/C13H23NS/c1-4-6-11(7-5-2)13(14)12-8-10(3)15-9-12/h8-9,11,13H,4-7,14H2,1-3H3. The number of hydrogen-bond donors (Lipinski definition) is 1. The molecular formula is C13H23NS. The lowest BCUT2D eigenvalue weighted by Crippen LogP contribution is -2.20. The van der Waals surface area contributed by atoms with E-state index in [1.54, 1.807) is 11.3 Å². The SMILES string of the molecule is CCCC(CCC)C(N)c1csc(C)c1. The van der Waals surface area contributed by atoms with Crippen LogP contribution in [0.15, 0.2) is 11.4 Å². The largest absolute Gasteiger partial charge is 0.324 e. The average Bonchev–Trinajstić information content (AvgIpc) is 2.63. The number of thiophene rings is 1. The van der Waals surface area contributed by atoms with Crippen molar-refractivity contribution in [3.63, 3.8) is 0 Å². The highest BCUT2D eigenvalue weighted by Crippen LogP contribution is 2.30. The molecule has 0 bridgehead atoms. The predicted molar refractivity (Wildman–Crippen MR) is 69.3 cm³/mol. The smallest absolute Gasteiger partial charge is 0.0331 e. The van der Waals surface area contributed by atoms with Crippen molar-refractivity contribution in [2.24, 2.45) is 11.7 Å². The van der Waals surface area contributed by atoms with Gasteiger partial charge in [0.2, 0.25) is 0 Å². The van der Waals surface area contributed by atoms with Gasteiger partial charge in [-0.05, 0) is 42.7 Å². The first-order valence-electron chi connectivity index (χ1n) is 5.99. The maximum absolute atomic E-state index is 6.33. The fourth-order valence-corrected chi connectivity index (χ4v) is 2.91. The number of hydrogen-bond acceptors (Lipinski definition) is 2. The lowest BCUT2D eigenvalue weighted by Gasteiger charge is -2.22. The number of nitrogens with two attached hydrogens (primary N) is 1. The van der Waals surface area contributed by atoms with Crippen LogP contribution in [0, 0.1) is 12.8 Å². The third kappa shape index (κ3) is 3.62. The topological polar surface area (TPSA) is 26.0 Å². The second-order valence-electron chi connectivity index (χ2n) is 4.35. The summed E-state index contributed by atoms with van der Waals surface area (Å²) < 4.78 is 0. The Kier molecular flexibility index (Phi) is 5.34. The lowest BCUT2D eigenvalue weighted by molar-refractivity contribution is 0.369. The quantitative estimate of drug-likeness (QED) is 0.768. The van der Waals surface area contributed by atoms with Gasteiger partial charge >= 0.3 is 0 Å². The van der Waals surface area contributed by atoms with Crippen molar-refractivity contribution in [2.45, 2.75) is 52.5 Å². The van der Waals surface area contributed by atoms with Crippen LogP contribution in [0.5, 0.6) is 0 Å². The zero-order chi connectivity index (χ0) is 11.3. The van der Waals surface area contributed by atoms with Gasteiger partial charge < -0.3 is 5.73 Å². The molecule has 0 saturated carbocycles. The first kappa shape index (κ1) is 12.7. The van der Waals surface area contributed by atoms with Crippen molar-refractivity contribution in [1.82, 2.24) is 0 Å². The van der Waals surface area contributed by atoms with Crippen LogP contribution in [0.1, 0.15) is 56.0 Å². The van der Waals surface area contributed by atoms with Gasteiger partial charge in [0.1, 0.15) is 0 Å². The van der Waals surface area contributed by atoms with Gasteiger partial charge in [-0.15, -0.1) is 11.3 Å². The summed E-state index contributed by atoms with van der Waals surface area (Å²) in [7, 11) is 0. The van der Waals surface area contributed by atoms with E-state index in [9.17, 15) is 0 Å². The first-order valence-corrected chi connectivity index (χ1v) is 6.87. The molecule has 1 aromatic rings. The summed E-state index contributed by atoms with van der Waals surface area (Å²) in [5.41, 5.74) is 7.67. The Labute approximate surface area is 97.7 Å². The van der Waals surface area contributed by atoms with E-state index in [-0.39, 0.29) is 6.04 Å². The molecule has 86 valence electrons. The van der Waals surface area contributed by atoms with Crippen molar-refractivity contribution < 1.29 is 0 Å². The molecule has 2 N–H and O–H groups in total. The van der Waals surface area contributed by atoms with E-state index in [1.165, 1.54) is 36.1 Å². The van der Waals surface area contributed by atoms with Gasteiger partial charge in [-0.3, -0.25) is 0 Å². The van der Waals surface area contributed by atoms with Crippen molar-refractivity contribution in [1.29, 1.82) is 0 Å². The summed E-state index contributed by atoms with van der Waals surface area (Å²) in [5.74, 6) is 0.661. The summed E-state index contributed by atoms with van der Waals surface area (Å²) in [6.45, 7) is 6.64. The molecule has 0 aliphatic rings. The van der Waals surface area contributed by atoms with Crippen LogP contribution in [-0.4, -0.2) is 0 Å². The number of aryl methyl sites for hydroxylation is 1. The van der Waals surface area contributed by atoms with Crippen LogP contribution in [0.2, 0.25) is 0 Å². The molecule has 0 spiro atoms. The second-order valence-corrected chi connectivity index (χ2v) is 5.47. The molecule has 2 heteroatoms. The highest BCUT2D eigenvalue weighted by Gasteiger charge is 2.18. The Balaban J connectivity index is 2.66. The van der Waals surface area contributed by atoms with Gasteiger partial charge in [-0.25, -0.2) is 0 Å². The summed E-state index contributed by atoms with van der Waals surface area (Å²) in [6, 6.07) is 2.49. The van der Waals surface area contributed by atoms with Gasteiger partial charge in [0.25, 0.3) is 0 Å². The Hall–Kier alpha value is -0.340. The van der Waals surface area contributed by atoms with E-state index in [0.29, 0.717) is 5.92 Å². The van der Waals surface area contributed by atoms with E-state index < -0.39 is 0 Å². The molecule has 0 radical (unpaired) electrons. The van der Waals surface area contributed by atoms with Crippen LogP contribution in [0.25, 0.3) is 0 Å². The molecule has 0 aromatic carbocycles. The molecule has 0 amide bonds. The lowest BCUT2D eigenvalue weighted by atomic mass is 9.88. The van der Waals surface area contributed by atoms with E-state index >= 15 is 0 Å². The van der Waals surface area contributed by atoms with Crippen LogP contribution in [0.4, 0.5) is 0 Å². The Morgan fingerprint density at radius 1 is 1.27 bits per heavy atom. The second kappa shape index (κ2) is 6.29. The summed E-state index contributed by atoms with van der Waals surface area (Å²) in [6.07, 6.45) is 4.98. The van der Waals surface area contributed by atoms with E-state index in [2.05, 4.69) is 32.2 Å². The van der Waals surface area contributed by atoms with Crippen LogP contribution >= 0.6 is 11.3 Å². The minimum absolute atomic E-state index is 0.245. The molecule has 0 saturated heterocycles. The minimum atomic E-state index is 0.245. The average molecular weight is 225 g/mol. The minimum Gasteiger partial charge on any atom is -0.324 e. The molecule has 1 aromatic heterocycles. The van der Waals surface area contributed by atoms with Crippen molar-refractivity contribution >= 4 is 11.3 Å².